The monoisotopic (exact) mass is 331 g/mol. The van der Waals surface area contributed by atoms with E-state index in [1.165, 1.54) is 0 Å². The number of benzene rings is 1. The van der Waals surface area contributed by atoms with Crippen molar-refractivity contribution in [3.63, 3.8) is 0 Å². The number of halogens is 1. The number of nitrogens with zero attached hydrogens (tertiary/aromatic N) is 2. The topological polar surface area (TPSA) is 46.4 Å². The average molecular weight is 332 g/mol. The molecule has 1 aliphatic carbocycles. The van der Waals surface area contributed by atoms with Crippen molar-refractivity contribution in [2.24, 2.45) is 0 Å². The van der Waals surface area contributed by atoms with Gasteiger partial charge in [0.05, 0.1) is 17.7 Å². The number of hydrogen-bond donors (Lipinski definition) is 1. The molecule has 2 heterocycles. The lowest BCUT2D eigenvalue weighted by atomic mass is 10.0. The van der Waals surface area contributed by atoms with Gasteiger partial charge in [0.2, 0.25) is 5.91 Å². The highest BCUT2D eigenvalue weighted by atomic mass is 35.5. The lowest BCUT2D eigenvalue weighted by Gasteiger charge is -2.18. The summed E-state index contributed by atoms with van der Waals surface area (Å²) >= 11 is 7.62. The maximum absolute atomic E-state index is 12.3. The molecular formula is C16H14ClN3OS. The van der Waals surface area contributed by atoms with Crippen molar-refractivity contribution in [1.29, 1.82) is 0 Å². The van der Waals surface area contributed by atoms with Crippen molar-refractivity contribution < 1.29 is 4.79 Å². The molecule has 1 aliphatic rings. The summed E-state index contributed by atoms with van der Waals surface area (Å²) in [5.74, 6) is 0.00299. The van der Waals surface area contributed by atoms with Gasteiger partial charge in [-0.25, -0.2) is 4.98 Å². The Morgan fingerprint density at radius 3 is 3.05 bits per heavy atom. The van der Waals surface area contributed by atoms with Gasteiger partial charge in [-0.05, 0) is 30.5 Å². The minimum absolute atomic E-state index is 0.00299. The molecule has 0 aliphatic heterocycles. The molecule has 2 aromatic heterocycles. The van der Waals surface area contributed by atoms with Crippen LogP contribution in [0.4, 0.5) is 0 Å². The summed E-state index contributed by atoms with van der Waals surface area (Å²) in [7, 11) is 0. The van der Waals surface area contributed by atoms with Crippen LogP contribution < -0.4 is 5.32 Å². The number of hydrogen-bond acceptors (Lipinski definition) is 3. The van der Waals surface area contributed by atoms with Gasteiger partial charge in [-0.15, -0.1) is 11.3 Å². The molecule has 0 atom stereocenters. The highest BCUT2D eigenvalue weighted by Gasteiger charge is 2.45. The van der Waals surface area contributed by atoms with E-state index in [0.29, 0.717) is 11.4 Å². The Kier molecular flexibility index (Phi) is 3.20. The van der Waals surface area contributed by atoms with Gasteiger partial charge in [0.15, 0.2) is 4.96 Å². The van der Waals surface area contributed by atoms with Gasteiger partial charge in [0.25, 0.3) is 0 Å². The first-order valence-electron chi connectivity index (χ1n) is 7.13. The molecule has 0 saturated heterocycles. The standard InChI is InChI=1S/C16H14ClN3OS/c17-12-3-1-2-11(8-12)16(4-5-16)19-14(21)9-13-10-20-6-7-22-15(20)18-13/h1-3,6-8,10H,4-5,9H2,(H,19,21). The van der Waals surface area contributed by atoms with Crippen molar-refractivity contribution in [3.05, 3.63) is 58.3 Å². The molecule has 1 fully saturated rings. The number of aromatic nitrogens is 2. The number of nitrogens with one attached hydrogen (secondary N) is 1. The maximum atomic E-state index is 12.3. The molecule has 4 rings (SSSR count). The molecule has 0 bridgehead atoms. The molecular weight excluding hydrogens is 318 g/mol. The van der Waals surface area contributed by atoms with Crippen molar-refractivity contribution in [3.8, 4) is 0 Å². The van der Waals surface area contributed by atoms with Gasteiger partial charge in [0.1, 0.15) is 0 Å². The van der Waals surface area contributed by atoms with Crippen molar-refractivity contribution in [2.75, 3.05) is 0 Å². The van der Waals surface area contributed by atoms with E-state index in [2.05, 4.69) is 10.3 Å². The Labute approximate surface area is 136 Å². The van der Waals surface area contributed by atoms with Crippen molar-refractivity contribution in [1.82, 2.24) is 14.7 Å². The molecule has 0 spiro atoms. The van der Waals surface area contributed by atoms with Crippen LogP contribution in [0.2, 0.25) is 5.02 Å². The second-order valence-corrected chi connectivity index (χ2v) is 6.95. The fourth-order valence-corrected chi connectivity index (χ4v) is 3.64. The normalized spacial score (nSPS) is 15.9. The van der Waals surface area contributed by atoms with E-state index in [1.807, 2.05) is 46.4 Å². The second-order valence-electron chi connectivity index (χ2n) is 5.64. The molecule has 6 heteroatoms. The van der Waals surface area contributed by atoms with Gasteiger partial charge < -0.3 is 5.32 Å². The van der Waals surface area contributed by atoms with Crippen LogP contribution in [0.5, 0.6) is 0 Å². The van der Waals surface area contributed by atoms with Gasteiger partial charge in [-0.1, -0.05) is 23.7 Å². The highest BCUT2D eigenvalue weighted by Crippen LogP contribution is 2.46. The summed E-state index contributed by atoms with van der Waals surface area (Å²) in [6.45, 7) is 0. The fourth-order valence-electron chi connectivity index (χ4n) is 2.73. The number of fused-ring (bicyclic) bond motifs is 1. The van der Waals surface area contributed by atoms with Crippen LogP contribution in [0.15, 0.2) is 42.0 Å². The first-order chi connectivity index (χ1) is 10.6. The average Bonchev–Trinajstić information content (AvgIpc) is 2.95. The third-order valence-corrected chi connectivity index (χ3v) is 5.00. The molecule has 1 N–H and O–H groups in total. The Morgan fingerprint density at radius 2 is 2.32 bits per heavy atom. The zero-order valence-electron chi connectivity index (χ0n) is 11.8. The molecule has 112 valence electrons. The Bertz CT molecular complexity index is 821. The van der Waals surface area contributed by atoms with E-state index in [0.717, 1.165) is 29.1 Å². The quantitative estimate of drug-likeness (QED) is 0.796. The summed E-state index contributed by atoms with van der Waals surface area (Å²) in [5, 5.41) is 5.83. The predicted octanol–water partition coefficient (Wildman–Crippen LogP) is 3.40. The first kappa shape index (κ1) is 13.8. The van der Waals surface area contributed by atoms with Crippen LogP contribution >= 0.6 is 22.9 Å². The molecule has 22 heavy (non-hydrogen) atoms. The third-order valence-electron chi connectivity index (χ3n) is 3.99. The van der Waals surface area contributed by atoms with Crippen LogP contribution in [0.1, 0.15) is 24.1 Å². The van der Waals surface area contributed by atoms with E-state index < -0.39 is 0 Å². The lowest BCUT2D eigenvalue weighted by Crippen LogP contribution is -2.35. The number of imidazole rings is 1. The Balaban J connectivity index is 1.48. The van der Waals surface area contributed by atoms with Crippen molar-refractivity contribution >= 4 is 33.8 Å². The molecule has 1 amide bonds. The molecule has 4 nitrogen and oxygen atoms in total. The van der Waals surface area contributed by atoms with Gasteiger partial charge >= 0.3 is 0 Å². The van der Waals surface area contributed by atoms with E-state index in [4.69, 9.17) is 11.6 Å². The van der Waals surface area contributed by atoms with E-state index >= 15 is 0 Å². The van der Waals surface area contributed by atoms with Gasteiger partial charge in [-0.2, -0.15) is 0 Å². The largest absolute Gasteiger partial charge is 0.346 e. The second kappa shape index (κ2) is 5.11. The van der Waals surface area contributed by atoms with Crippen LogP contribution in [0.25, 0.3) is 4.96 Å². The van der Waals surface area contributed by atoms with Crippen molar-refractivity contribution in [2.45, 2.75) is 24.8 Å². The minimum atomic E-state index is -0.237. The highest BCUT2D eigenvalue weighted by molar-refractivity contribution is 7.15. The van der Waals surface area contributed by atoms with Crippen LogP contribution in [0, 0.1) is 0 Å². The molecule has 3 aromatic rings. The van der Waals surface area contributed by atoms with E-state index in [-0.39, 0.29) is 11.4 Å². The zero-order chi connectivity index (χ0) is 15.2. The summed E-state index contributed by atoms with van der Waals surface area (Å²) in [6, 6.07) is 7.72. The lowest BCUT2D eigenvalue weighted by molar-refractivity contribution is -0.121. The molecule has 0 radical (unpaired) electrons. The SMILES string of the molecule is O=C(Cc1cn2ccsc2n1)NC1(c2cccc(Cl)c2)CC1. The Morgan fingerprint density at radius 1 is 1.45 bits per heavy atom. The maximum Gasteiger partial charge on any atom is 0.226 e. The number of carbonyl (C=O) groups excluding carboxylic acids is 1. The zero-order valence-corrected chi connectivity index (χ0v) is 13.3. The number of amides is 1. The summed E-state index contributed by atoms with van der Waals surface area (Å²) in [6.07, 6.45) is 6.07. The molecule has 1 aromatic carbocycles. The number of rotatable bonds is 4. The Hall–Kier alpha value is -1.85. The fraction of sp³-hybridized carbons (Fsp3) is 0.250. The summed E-state index contributed by atoms with van der Waals surface area (Å²) in [4.78, 5) is 17.7. The van der Waals surface area contributed by atoms with E-state index in [9.17, 15) is 4.79 Å². The number of thiazole rings is 1. The van der Waals surface area contributed by atoms with E-state index in [1.54, 1.807) is 11.3 Å². The van der Waals surface area contributed by atoms with Gasteiger partial charge in [-0.3, -0.25) is 9.20 Å². The van der Waals surface area contributed by atoms with Crippen LogP contribution in [-0.2, 0) is 16.8 Å². The predicted molar refractivity (Wildman–Crippen MR) is 87.3 cm³/mol. The summed E-state index contributed by atoms with van der Waals surface area (Å²) in [5.41, 5.74) is 1.64. The summed E-state index contributed by atoms with van der Waals surface area (Å²) < 4.78 is 1.94. The first-order valence-corrected chi connectivity index (χ1v) is 8.39. The molecule has 0 unspecified atom stereocenters. The smallest absolute Gasteiger partial charge is 0.226 e. The minimum Gasteiger partial charge on any atom is -0.346 e. The van der Waals surface area contributed by atoms with Crippen LogP contribution in [0.3, 0.4) is 0 Å². The number of carbonyl (C=O) groups is 1. The van der Waals surface area contributed by atoms with Crippen LogP contribution in [-0.4, -0.2) is 15.3 Å². The molecule has 1 saturated carbocycles. The third kappa shape index (κ3) is 2.51. The van der Waals surface area contributed by atoms with Gasteiger partial charge in [0, 0.05) is 22.8 Å².